The third kappa shape index (κ3) is 3.06. The lowest BCUT2D eigenvalue weighted by atomic mass is 9.99. The lowest BCUT2D eigenvalue weighted by Gasteiger charge is -2.37. The van der Waals surface area contributed by atoms with E-state index < -0.39 is 0 Å². The van der Waals surface area contributed by atoms with Crippen LogP contribution in [0.1, 0.15) is 23.7 Å². The number of benzene rings is 1. The average Bonchev–Trinajstić information content (AvgIpc) is 3.16. The van der Waals surface area contributed by atoms with E-state index in [1.54, 1.807) is 0 Å². The first-order chi connectivity index (χ1) is 12.7. The molecule has 6 heteroatoms. The van der Waals surface area contributed by atoms with E-state index >= 15 is 0 Å². The Labute approximate surface area is 151 Å². The Hall–Kier alpha value is -3.15. The smallest absolute Gasteiger partial charge is 0.253 e. The normalized spacial score (nSPS) is 16.3. The first-order valence-corrected chi connectivity index (χ1v) is 8.74. The minimum atomic E-state index is -0.139. The Morgan fingerprint density at radius 1 is 1.08 bits per heavy atom. The van der Waals surface area contributed by atoms with E-state index in [2.05, 4.69) is 33.9 Å². The first kappa shape index (κ1) is 16.3. The van der Waals surface area contributed by atoms with Gasteiger partial charge >= 0.3 is 0 Å². The molecule has 0 bridgehead atoms. The molecule has 0 saturated carbocycles. The summed E-state index contributed by atoms with van der Waals surface area (Å²) in [5.74, 6) is 0.0436. The monoisotopic (exact) mass is 348 g/mol. The molecule has 6 nitrogen and oxygen atoms in total. The van der Waals surface area contributed by atoms with Gasteiger partial charge in [0.25, 0.3) is 5.56 Å². The number of hydrogen-bond donors (Lipinski definition) is 0. The van der Waals surface area contributed by atoms with Gasteiger partial charge in [0.2, 0.25) is 5.91 Å². The van der Waals surface area contributed by atoms with E-state index in [9.17, 15) is 9.59 Å². The standard InChI is InChI=1S/C20H20N4O2/c25-18-8-10-21-15-23(18)12-9-19(26)24-14-13-22-11-4-7-17(22)20(24)16-5-2-1-3-6-16/h1-8,10-11,15,20H,9,12-14H2. The molecule has 1 aliphatic heterocycles. The average molecular weight is 348 g/mol. The van der Waals surface area contributed by atoms with Gasteiger partial charge in [0.1, 0.15) is 0 Å². The highest BCUT2D eigenvalue weighted by molar-refractivity contribution is 5.77. The van der Waals surface area contributed by atoms with Crippen LogP contribution in [0.25, 0.3) is 0 Å². The maximum absolute atomic E-state index is 13.0. The van der Waals surface area contributed by atoms with E-state index in [0.717, 1.165) is 17.8 Å². The first-order valence-electron chi connectivity index (χ1n) is 8.74. The minimum Gasteiger partial charge on any atom is -0.348 e. The summed E-state index contributed by atoms with van der Waals surface area (Å²) in [6, 6.07) is 15.5. The van der Waals surface area contributed by atoms with Gasteiger partial charge < -0.3 is 9.47 Å². The van der Waals surface area contributed by atoms with E-state index in [4.69, 9.17) is 0 Å². The predicted octanol–water partition coefficient (Wildman–Crippen LogP) is 2.07. The highest BCUT2D eigenvalue weighted by Gasteiger charge is 2.31. The van der Waals surface area contributed by atoms with Gasteiger partial charge in [-0.1, -0.05) is 30.3 Å². The Morgan fingerprint density at radius 2 is 1.92 bits per heavy atom. The summed E-state index contributed by atoms with van der Waals surface area (Å²) in [5.41, 5.74) is 2.08. The second kappa shape index (κ2) is 7.00. The summed E-state index contributed by atoms with van der Waals surface area (Å²) in [4.78, 5) is 30.7. The number of aryl methyl sites for hydroxylation is 1. The predicted molar refractivity (Wildman–Crippen MR) is 97.5 cm³/mol. The van der Waals surface area contributed by atoms with Crippen LogP contribution in [0.15, 0.2) is 72.0 Å². The summed E-state index contributed by atoms with van der Waals surface area (Å²) in [6.45, 7) is 1.77. The number of carbonyl (C=O) groups excluding carboxylic acids is 1. The number of aromatic nitrogens is 3. The molecule has 0 radical (unpaired) electrons. The lowest BCUT2D eigenvalue weighted by molar-refractivity contribution is -0.134. The van der Waals surface area contributed by atoms with Crippen molar-refractivity contribution in [2.24, 2.45) is 0 Å². The van der Waals surface area contributed by atoms with Gasteiger partial charge in [-0.2, -0.15) is 0 Å². The fourth-order valence-corrected chi connectivity index (χ4v) is 3.54. The zero-order chi connectivity index (χ0) is 17.9. The van der Waals surface area contributed by atoms with Crippen molar-refractivity contribution < 1.29 is 4.79 Å². The van der Waals surface area contributed by atoms with Gasteiger partial charge in [0.15, 0.2) is 0 Å². The van der Waals surface area contributed by atoms with Crippen molar-refractivity contribution in [2.45, 2.75) is 25.6 Å². The topological polar surface area (TPSA) is 60.1 Å². The molecule has 26 heavy (non-hydrogen) atoms. The lowest BCUT2D eigenvalue weighted by Crippen LogP contribution is -2.42. The molecule has 1 aromatic carbocycles. The van der Waals surface area contributed by atoms with Crippen LogP contribution >= 0.6 is 0 Å². The van der Waals surface area contributed by atoms with Crippen LogP contribution in [0.4, 0.5) is 0 Å². The van der Waals surface area contributed by atoms with Crippen LogP contribution in [-0.4, -0.2) is 31.5 Å². The molecule has 2 aromatic heterocycles. The van der Waals surface area contributed by atoms with Gasteiger partial charge in [-0.15, -0.1) is 0 Å². The quantitative estimate of drug-likeness (QED) is 0.725. The summed E-state index contributed by atoms with van der Waals surface area (Å²) in [5, 5.41) is 0. The minimum absolute atomic E-state index is 0.0436. The van der Waals surface area contributed by atoms with E-state index in [-0.39, 0.29) is 23.9 Å². The molecule has 0 fully saturated rings. The number of hydrogen-bond acceptors (Lipinski definition) is 3. The maximum atomic E-state index is 13.0. The van der Waals surface area contributed by atoms with Crippen molar-refractivity contribution in [2.75, 3.05) is 6.54 Å². The Kier molecular flexibility index (Phi) is 4.39. The highest BCUT2D eigenvalue weighted by atomic mass is 16.2. The summed E-state index contributed by atoms with van der Waals surface area (Å²) in [7, 11) is 0. The van der Waals surface area contributed by atoms with E-state index in [1.807, 2.05) is 29.2 Å². The molecule has 0 spiro atoms. The zero-order valence-electron chi connectivity index (χ0n) is 14.4. The van der Waals surface area contributed by atoms with Crippen molar-refractivity contribution in [3.05, 3.63) is 88.9 Å². The number of fused-ring (bicyclic) bond motifs is 1. The molecule has 1 aliphatic rings. The number of carbonyl (C=O) groups is 1. The maximum Gasteiger partial charge on any atom is 0.253 e. The molecule has 3 heterocycles. The fourth-order valence-electron chi connectivity index (χ4n) is 3.54. The Balaban J connectivity index is 1.59. The molecule has 0 saturated heterocycles. The summed E-state index contributed by atoms with van der Waals surface area (Å²) < 4.78 is 3.68. The van der Waals surface area contributed by atoms with Gasteiger partial charge in [0, 0.05) is 50.2 Å². The van der Waals surface area contributed by atoms with Crippen molar-refractivity contribution >= 4 is 5.91 Å². The van der Waals surface area contributed by atoms with Crippen molar-refractivity contribution in [1.29, 1.82) is 0 Å². The second-order valence-corrected chi connectivity index (χ2v) is 6.39. The molecular formula is C20H20N4O2. The van der Waals surface area contributed by atoms with Crippen LogP contribution in [0, 0.1) is 0 Å². The van der Waals surface area contributed by atoms with Gasteiger partial charge in [-0.3, -0.25) is 14.2 Å². The molecule has 3 aromatic rings. The second-order valence-electron chi connectivity index (χ2n) is 6.39. The highest BCUT2D eigenvalue weighted by Crippen LogP contribution is 2.32. The molecular weight excluding hydrogens is 328 g/mol. The van der Waals surface area contributed by atoms with Gasteiger partial charge in [0.05, 0.1) is 12.4 Å². The zero-order valence-corrected chi connectivity index (χ0v) is 14.4. The van der Waals surface area contributed by atoms with Crippen molar-refractivity contribution in [1.82, 2.24) is 19.0 Å². The molecule has 1 amide bonds. The molecule has 1 atom stereocenters. The summed E-state index contributed by atoms with van der Waals surface area (Å²) >= 11 is 0. The van der Waals surface area contributed by atoms with Crippen molar-refractivity contribution in [3.63, 3.8) is 0 Å². The van der Waals surface area contributed by atoms with Crippen LogP contribution in [-0.2, 0) is 17.9 Å². The van der Waals surface area contributed by atoms with E-state index in [0.29, 0.717) is 13.1 Å². The van der Waals surface area contributed by atoms with Crippen LogP contribution in [0.3, 0.4) is 0 Å². The molecule has 4 rings (SSSR count). The van der Waals surface area contributed by atoms with Crippen LogP contribution in [0.2, 0.25) is 0 Å². The van der Waals surface area contributed by atoms with Crippen LogP contribution in [0.5, 0.6) is 0 Å². The molecule has 1 unspecified atom stereocenters. The van der Waals surface area contributed by atoms with Gasteiger partial charge in [-0.25, -0.2) is 4.98 Å². The SMILES string of the molecule is O=C(CCn1cnccc1=O)N1CCn2cccc2C1c1ccccc1. The number of rotatable bonds is 4. The summed E-state index contributed by atoms with van der Waals surface area (Å²) in [6.07, 6.45) is 5.27. The Bertz CT molecular complexity index is 961. The van der Waals surface area contributed by atoms with E-state index in [1.165, 1.54) is 23.2 Å². The Morgan fingerprint density at radius 3 is 2.73 bits per heavy atom. The van der Waals surface area contributed by atoms with Crippen LogP contribution < -0.4 is 5.56 Å². The fraction of sp³-hybridized carbons (Fsp3) is 0.250. The number of amides is 1. The molecule has 132 valence electrons. The third-order valence-corrected chi connectivity index (χ3v) is 4.83. The molecule has 0 aliphatic carbocycles. The molecule has 0 N–H and O–H groups in total. The van der Waals surface area contributed by atoms with Gasteiger partial charge in [-0.05, 0) is 17.7 Å². The largest absolute Gasteiger partial charge is 0.348 e. The number of nitrogens with zero attached hydrogens (tertiary/aromatic N) is 4. The third-order valence-electron chi connectivity index (χ3n) is 4.83. The van der Waals surface area contributed by atoms with Crippen molar-refractivity contribution in [3.8, 4) is 0 Å².